The molecule has 0 heterocycles. The van der Waals surface area contributed by atoms with Crippen molar-refractivity contribution in [1.82, 2.24) is 4.90 Å². The number of rotatable bonds is 5. The molecule has 0 spiro atoms. The van der Waals surface area contributed by atoms with Gasteiger partial charge < -0.3 is 5.73 Å². The van der Waals surface area contributed by atoms with Gasteiger partial charge in [0, 0.05) is 40.4 Å². The van der Waals surface area contributed by atoms with Crippen molar-refractivity contribution in [3.05, 3.63) is 63.6 Å². The van der Waals surface area contributed by atoms with E-state index < -0.39 is 0 Å². The third-order valence-electron chi connectivity index (χ3n) is 3.58. The van der Waals surface area contributed by atoms with Crippen LogP contribution in [0.15, 0.2) is 42.5 Å². The van der Waals surface area contributed by atoms with Crippen LogP contribution in [0.4, 0.5) is 5.69 Å². The van der Waals surface area contributed by atoms with Gasteiger partial charge in [0.2, 0.25) is 0 Å². The van der Waals surface area contributed by atoms with Gasteiger partial charge in [-0.25, -0.2) is 0 Å². The monoisotopic (exact) mass is 322 g/mol. The first-order valence-electron chi connectivity index (χ1n) is 6.99. The summed E-state index contributed by atoms with van der Waals surface area (Å²) in [6, 6.07) is 13.9. The minimum Gasteiger partial charge on any atom is -0.398 e. The van der Waals surface area contributed by atoms with Crippen molar-refractivity contribution in [3.8, 4) is 0 Å². The summed E-state index contributed by atoms with van der Waals surface area (Å²) in [6.07, 6.45) is 0. The largest absolute Gasteiger partial charge is 0.398 e. The zero-order valence-corrected chi connectivity index (χ0v) is 13.8. The molecule has 2 aromatic carbocycles. The first-order chi connectivity index (χ1) is 9.99. The average Bonchev–Trinajstić information content (AvgIpc) is 2.43. The van der Waals surface area contributed by atoms with E-state index in [0.717, 1.165) is 23.4 Å². The molecule has 0 bridgehead atoms. The van der Waals surface area contributed by atoms with E-state index in [4.69, 9.17) is 28.9 Å². The fourth-order valence-corrected chi connectivity index (χ4v) is 2.72. The summed E-state index contributed by atoms with van der Waals surface area (Å²) < 4.78 is 0. The Morgan fingerprint density at radius 3 is 2.14 bits per heavy atom. The molecule has 2 rings (SSSR count). The molecule has 0 atom stereocenters. The summed E-state index contributed by atoms with van der Waals surface area (Å²) >= 11 is 12.6. The topological polar surface area (TPSA) is 29.3 Å². The molecule has 112 valence electrons. The Morgan fingerprint density at radius 1 is 0.952 bits per heavy atom. The zero-order valence-electron chi connectivity index (χ0n) is 12.3. The third-order valence-corrected chi connectivity index (χ3v) is 4.29. The molecule has 21 heavy (non-hydrogen) atoms. The van der Waals surface area contributed by atoms with Crippen LogP contribution in [0.3, 0.4) is 0 Å². The van der Waals surface area contributed by atoms with Gasteiger partial charge in [0.25, 0.3) is 0 Å². The maximum absolute atomic E-state index is 6.28. The van der Waals surface area contributed by atoms with Crippen LogP contribution in [0.1, 0.15) is 25.0 Å². The highest BCUT2D eigenvalue weighted by atomic mass is 35.5. The summed E-state index contributed by atoms with van der Waals surface area (Å²) in [7, 11) is 0. The number of nitrogen functional groups attached to an aromatic ring is 1. The summed E-state index contributed by atoms with van der Waals surface area (Å²) in [6.45, 7) is 5.78. The van der Waals surface area contributed by atoms with Crippen LogP contribution < -0.4 is 5.73 Å². The molecule has 0 aliphatic heterocycles. The number of para-hydroxylation sites is 1. The van der Waals surface area contributed by atoms with Gasteiger partial charge in [-0.15, -0.1) is 0 Å². The van der Waals surface area contributed by atoms with Gasteiger partial charge in [-0.1, -0.05) is 47.5 Å². The molecule has 0 unspecified atom stereocenters. The number of hydrogen-bond donors (Lipinski definition) is 1. The van der Waals surface area contributed by atoms with E-state index in [2.05, 4.69) is 24.8 Å². The molecule has 0 aliphatic rings. The van der Waals surface area contributed by atoms with Crippen LogP contribution in [0.2, 0.25) is 10.0 Å². The Morgan fingerprint density at radius 2 is 1.57 bits per heavy atom. The fraction of sp³-hybridized carbons (Fsp3) is 0.294. The Hall–Kier alpha value is -1.22. The van der Waals surface area contributed by atoms with Crippen molar-refractivity contribution in [2.75, 3.05) is 5.73 Å². The lowest BCUT2D eigenvalue weighted by atomic mass is 10.1. The number of anilines is 1. The van der Waals surface area contributed by atoms with E-state index in [1.807, 2.05) is 36.4 Å². The first-order valence-corrected chi connectivity index (χ1v) is 7.75. The minimum atomic E-state index is 0.358. The van der Waals surface area contributed by atoms with E-state index in [0.29, 0.717) is 22.6 Å². The van der Waals surface area contributed by atoms with Crippen LogP contribution in [-0.2, 0) is 13.1 Å². The van der Waals surface area contributed by atoms with Crippen LogP contribution in [0, 0.1) is 0 Å². The first kappa shape index (κ1) is 16.2. The molecule has 0 amide bonds. The van der Waals surface area contributed by atoms with Gasteiger partial charge in [0.05, 0.1) is 0 Å². The van der Waals surface area contributed by atoms with Gasteiger partial charge in [-0.3, -0.25) is 4.90 Å². The molecular formula is C17H20Cl2N2. The van der Waals surface area contributed by atoms with Crippen molar-refractivity contribution in [2.45, 2.75) is 33.0 Å². The molecule has 4 heteroatoms. The summed E-state index contributed by atoms with van der Waals surface area (Å²) in [4.78, 5) is 2.30. The van der Waals surface area contributed by atoms with E-state index in [-0.39, 0.29) is 0 Å². The lowest BCUT2D eigenvalue weighted by Crippen LogP contribution is -2.30. The second-order valence-electron chi connectivity index (χ2n) is 5.40. The Bertz CT molecular complexity index is 591. The lowest BCUT2D eigenvalue weighted by molar-refractivity contribution is 0.204. The molecule has 0 radical (unpaired) electrons. The van der Waals surface area contributed by atoms with Crippen LogP contribution >= 0.6 is 23.2 Å². The van der Waals surface area contributed by atoms with Gasteiger partial charge in [0.15, 0.2) is 0 Å². The average molecular weight is 323 g/mol. The second kappa shape index (κ2) is 7.17. The maximum Gasteiger partial charge on any atom is 0.0465 e. The highest BCUT2D eigenvalue weighted by Gasteiger charge is 2.15. The van der Waals surface area contributed by atoms with Crippen molar-refractivity contribution in [3.63, 3.8) is 0 Å². The SMILES string of the molecule is CC(C)N(Cc1ccccc1N)Cc1c(Cl)cccc1Cl. The second-order valence-corrected chi connectivity index (χ2v) is 6.21. The van der Waals surface area contributed by atoms with Gasteiger partial charge >= 0.3 is 0 Å². The van der Waals surface area contributed by atoms with E-state index >= 15 is 0 Å². The Balaban J connectivity index is 2.23. The summed E-state index contributed by atoms with van der Waals surface area (Å²) in [5.41, 5.74) is 8.94. The van der Waals surface area contributed by atoms with E-state index in [1.165, 1.54) is 0 Å². The normalized spacial score (nSPS) is 11.3. The maximum atomic E-state index is 6.28. The number of halogens is 2. The summed E-state index contributed by atoms with van der Waals surface area (Å²) in [5.74, 6) is 0. The number of benzene rings is 2. The quantitative estimate of drug-likeness (QED) is 0.786. The number of nitrogens with two attached hydrogens (primary N) is 1. The smallest absolute Gasteiger partial charge is 0.0465 e. The van der Waals surface area contributed by atoms with Gasteiger partial charge in [-0.2, -0.15) is 0 Å². The predicted molar refractivity (Wildman–Crippen MR) is 91.7 cm³/mol. The number of hydrogen-bond acceptors (Lipinski definition) is 2. The highest BCUT2D eigenvalue weighted by Crippen LogP contribution is 2.27. The fourth-order valence-electron chi connectivity index (χ4n) is 2.20. The van der Waals surface area contributed by atoms with E-state index in [1.54, 1.807) is 0 Å². The molecule has 2 N–H and O–H groups in total. The molecule has 0 aromatic heterocycles. The minimum absolute atomic E-state index is 0.358. The van der Waals surface area contributed by atoms with Crippen LogP contribution in [0.5, 0.6) is 0 Å². The molecule has 0 fully saturated rings. The van der Waals surface area contributed by atoms with Crippen molar-refractivity contribution < 1.29 is 0 Å². The molecule has 2 aromatic rings. The zero-order chi connectivity index (χ0) is 15.4. The Labute approximate surface area is 136 Å². The van der Waals surface area contributed by atoms with Crippen molar-refractivity contribution >= 4 is 28.9 Å². The van der Waals surface area contributed by atoms with E-state index in [9.17, 15) is 0 Å². The molecule has 0 aliphatic carbocycles. The molecule has 0 saturated carbocycles. The molecular weight excluding hydrogens is 303 g/mol. The van der Waals surface area contributed by atoms with Crippen LogP contribution in [-0.4, -0.2) is 10.9 Å². The van der Waals surface area contributed by atoms with Crippen molar-refractivity contribution in [1.29, 1.82) is 0 Å². The molecule has 0 saturated heterocycles. The summed E-state index contributed by atoms with van der Waals surface area (Å²) in [5, 5.41) is 1.41. The molecule has 2 nitrogen and oxygen atoms in total. The Kier molecular flexibility index (Phi) is 5.51. The lowest BCUT2D eigenvalue weighted by Gasteiger charge is -2.28. The van der Waals surface area contributed by atoms with Crippen LogP contribution in [0.25, 0.3) is 0 Å². The van der Waals surface area contributed by atoms with Gasteiger partial charge in [-0.05, 0) is 37.6 Å². The predicted octanol–water partition coefficient (Wildman–Crippen LogP) is 4.99. The van der Waals surface area contributed by atoms with Gasteiger partial charge in [0.1, 0.15) is 0 Å². The highest BCUT2D eigenvalue weighted by molar-refractivity contribution is 6.35. The number of nitrogens with zero attached hydrogens (tertiary/aromatic N) is 1. The third kappa shape index (κ3) is 4.13. The van der Waals surface area contributed by atoms with Crippen molar-refractivity contribution in [2.24, 2.45) is 0 Å². The standard InChI is InChI=1S/C17H20Cl2N2/c1-12(2)21(10-13-6-3-4-9-17(13)20)11-14-15(18)7-5-8-16(14)19/h3-9,12H,10-11,20H2,1-2H3.